The Bertz CT molecular complexity index is 867. The van der Waals surface area contributed by atoms with Crippen molar-refractivity contribution in [3.8, 4) is 0 Å². The molecule has 3 heteroatoms. The zero-order valence-corrected chi connectivity index (χ0v) is 19.6. The Morgan fingerprint density at radius 1 is 0.767 bits per heavy atom. The lowest BCUT2D eigenvalue weighted by molar-refractivity contribution is -0.185. The van der Waals surface area contributed by atoms with E-state index in [4.69, 9.17) is 4.74 Å². The van der Waals surface area contributed by atoms with Gasteiger partial charge in [0.2, 0.25) is 0 Å². The highest BCUT2D eigenvalue weighted by Gasteiger charge is 2.69. The fourth-order valence-electron chi connectivity index (χ4n) is 9.45. The van der Waals surface area contributed by atoms with Gasteiger partial charge >= 0.3 is 5.97 Å². The van der Waals surface area contributed by atoms with Crippen LogP contribution in [0.25, 0.3) is 0 Å². The summed E-state index contributed by atoms with van der Waals surface area (Å²) in [6.45, 7) is 14.0. The fourth-order valence-corrected chi connectivity index (χ4v) is 9.45. The number of cyclic esters (lactones) is 1. The van der Waals surface area contributed by atoms with Crippen LogP contribution in [0.3, 0.4) is 0 Å². The maximum absolute atomic E-state index is 12.7. The molecule has 164 valence electrons. The summed E-state index contributed by atoms with van der Waals surface area (Å²) in [6.07, 6.45) is 14.9. The van der Waals surface area contributed by atoms with Gasteiger partial charge in [0, 0.05) is 17.4 Å². The molecule has 1 heterocycles. The molecule has 0 amide bonds. The van der Waals surface area contributed by atoms with Crippen LogP contribution in [0.1, 0.15) is 80.1 Å². The molecular weight excluding hydrogens is 372 g/mol. The molecule has 0 aromatic heterocycles. The Morgan fingerprint density at radius 3 is 2.13 bits per heavy atom. The number of hydrogen-bond donors (Lipinski definition) is 0. The Morgan fingerprint density at radius 2 is 1.47 bits per heavy atom. The van der Waals surface area contributed by atoms with Crippen LogP contribution in [0.5, 0.6) is 0 Å². The van der Waals surface area contributed by atoms with Crippen molar-refractivity contribution < 1.29 is 14.3 Å². The van der Waals surface area contributed by atoms with E-state index in [1.807, 2.05) is 12.2 Å². The summed E-state index contributed by atoms with van der Waals surface area (Å²) in [6, 6.07) is 0. The standard InChI is InChI=1S/C27H38O3/c1-23(2)19-10-15-26(5)20(24(19,3)13-11-21(23)28)8-7-17-18(9-14-25(17,26)4)27(6)16-12-22(29)30-27/h11-13,16-20H,7-10,14-15H2,1-6H3. The van der Waals surface area contributed by atoms with Crippen molar-refractivity contribution >= 4 is 11.8 Å². The minimum Gasteiger partial charge on any atom is -0.452 e. The van der Waals surface area contributed by atoms with Crippen LogP contribution < -0.4 is 0 Å². The predicted octanol–water partition coefficient (Wildman–Crippen LogP) is 5.89. The van der Waals surface area contributed by atoms with Crippen LogP contribution in [0.15, 0.2) is 24.3 Å². The highest BCUT2D eigenvalue weighted by Crippen LogP contribution is 2.75. The quantitative estimate of drug-likeness (QED) is 0.506. The van der Waals surface area contributed by atoms with E-state index >= 15 is 0 Å². The summed E-state index contributed by atoms with van der Waals surface area (Å²) in [7, 11) is 0. The molecule has 3 fully saturated rings. The van der Waals surface area contributed by atoms with Crippen molar-refractivity contribution in [2.45, 2.75) is 85.7 Å². The molecular formula is C27H38O3. The molecule has 0 spiro atoms. The number of rotatable bonds is 1. The molecule has 8 atom stereocenters. The fraction of sp³-hybridized carbons (Fsp3) is 0.778. The minimum atomic E-state index is -0.442. The highest BCUT2D eigenvalue weighted by atomic mass is 16.6. The molecule has 0 aromatic carbocycles. The Kier molecular flexibility index (Phi) is 4.03. The molecule has 0 bridgehead atoms. The van der Waals surface area contributed by atoms with Crippen LogP contribution in [-0.4, -0.2) is 17.4 Å². The first kappa shape index (κ1) is 20.5. The molecule has 3 saturated carbocycles. The van der Waals surface area contributed by atoms with Gasteiger partial charge in [0.15, 0.2) is 5.78 Å². The van der Waals surface area contributed by atoms with Gasteiger partial charge in [-0.1, -0.05) is 40.7 Å². The molecule has 0 aromatic rings. The number of carbonyl (C=O) groups is 2. The number of carbonyl (C=O) groups excluding carboxylic acids is 2. The first-order valence-electron chi connectivity index (χ1n) is 12.0. The number of hydrogen-bond acceptors (Lipinski definition) is 3. The number of allylic oxidation sites excluding steroid dienone is 2. The Balaban J connectivity index is 1.53. The van der Waals surface area contributed by atoms with Gasteiger partial charge in [-0.3, -0.25) is 4.79 Å². The smallest absolute Gasteiger partial charge is 0.331 e. The molecule has 5 aliphatic rings. The lowest BCUT2D eigenvalue weighted by atomic mass is 9.36. The van der Waals surface area contributed by atoms with Gasteiger partial charge in [-0.05, 0) is 91.6 Å². The van der Waals surface area contributed by atoms with E-state index in [1.165, 1.54) is 25.7 Å². The second kappa shape index (κ2) is 5.90. The van der Waals surface area contributed by atoms with Gasteiger partial charge in [0.1, 0.15) is 5.60 Å². The van der Waals surface area contributed by atoms with E-state index in [-0.39, 0.29) is 27.6 Å². The number of esters is 1. The zero-order chi connectivity index (χ0) is 21.7. The Hall–Kier alpha value is -1.38. The van der Waals surface area contributed by atoms with Crippen molar-refractivity contribution in [3.05, 3.63) is 24.3 Å². The van der Waals surface area contributed by atoms with Crippen LogP contribution in [0.2, 0.25) is 0 Å². The number of ketones is 1. The average molecular weight is 411 g/mol. The molecule has 0 radical (unpaired) electrons. The molecule has 1 aliphatic heterocycles. The van der Waals surface area contributed by atoms with E-state index < -0.39 is 5.60 Å². The van der Waals surface area contributed by atoms with E-state index in [2.05, 4.69) is 47.6 Å². The van der Waals surface area contributed by atoms with Crippen LogP contribution in [-0.2, 0) is 14.3 Å². The zero-order valence-electron chi connectivity index (χ0n) is 19.6. The SMILES string of the molecule is CC1(C2CCC3(C)C2CCC2C4(C)C=CC(=O)C(C)(C)C4CCC23C)C=CC(=O)O1. The summed E-state index contributed by atoms with van der Waals surface area (Å²) in [4.78, 5) is 24.6. The summed E-state index contributed by atoms with van der Waals surface area (Å²) >= 11 is 0. The van der Waals surface area contributed by atoms with Gasteiger partial charge in [0.25, 0.3) is 0 Å². The third-order valence-corrected chi connectivity index (χ3v) is 11.3. The topological polar surface area (TPSA) is 43.4 Å². The summed E-state index contributed by atoms with van der Waals surface area (Å²) < 4.78 is 5.84. The summed E-state index contributed by atoms with van der Waals surface area (Å²) in [5, 5.41) is 0. The molecule has 0 saturated heterocycles. The van der Waals surface area contributed by atoms with Gasteiger partial charge in [-0.15, -0.1) is 0 Å². The van der Waals surface area contributed by atoms with Gasteiger partial charge in [0.05, 0.1) is 0 Å². The van der Waals surface area contributed by atoms with E-state index in [0.29, 0.717) is 29.5 Å². The largest absolute Gasteiger partial charge is 0.452 e. The summed E-state index contributed by atoms with van der Waals surface area (Å²) in [5.74, 6) is 2.14. The van der Waals surface area contributed by atoms with Gasteiger partial charge in [-0.2, -0.15) is 0 Å². The van der Waals surface area contributed by atoms with Crippen LogP contribution in [0, 0.1) is 45.3 Å². The average Bonchev–Trinajstić information content (AvgIpc) is 3.20. The number of fused-ring (bicyclic) bond motifs is 5. The minimum absolute atomic E-state index is 0.0834. The maximum Gasteiger partial charge on any atom is 0.331 e. The molecule has 5 rings (SSSR count). The van der Waals surface area contributed by atoms with E-state index in [0.717, 1.165) is 12.8 Å². The molecule has 0 N–H and O–H groups in total. The van der Waals surface area contributed by atoms with E-state index in [1.54, 1.807) is 6.08 Å². The van der Waals surface area contributed by atoms with Crippen LogP contribution in [0.4, 0.5) is 0 Å². The lowest BCUT2D eigenvalue weighted by Gasteiger charge is -2.68. The maximum atomic E-state index is 12.7. The highest BCUT2D eigenvalue weighted by molar-refractivity contribution is 5.95. The Labute approximate surface area is 181 Å². The second-order valence-corrected chi connectivity index (χ2v) is 12.5. The second-order valence-electron chi connectivity index (χ2n) is 12.5. The predicted molar refractivity (Wildman–Crippen MR) is 118 cm³/mol. The van der Waals surface area contributed by atoms with E-state index in [9.17, 15) is 9.59 Å². The molecule has 8 unspecified atom stereocenters. The third kappa shape index (κ3) is 2.28. The van der Waals surface area contributed by atoms with Crippen molar-refractivity contribution in [1.29, 1.82) is 0 Å². The first-order valence-corrected chi connectivity index (χ1v) is 12.0. The molecule has 3 nitrogen and oxygen atoms in total. The summed E-state index contributed by atoms with van der Waals surface area (Å²) in [5.41, 5.74) is -0.126. The van der Waals surface area contributed by atoms with Crippen molar-refractivity contribution in [1.82, 2.24) is 0 Å². The molecule has 4 aliphatic carbocycles. The van der Waals surface area contributed by atoms with Gasteiger partial charge in [-0.25, -0.2) is 4.79 Å². The van der Waals surface area contributed by atoms with Gasteiger partial charge < -0.3 is 4.74 Å². The lowest BCUT2D eigenvalue weighted by Crippen LogP contribution is -2.62. The van der Waals surface area contributed by atoms with Crippen molar-refractivity contribution in [2.75, 3.05) is 0 Å². The molecule has 30 heavy (non-hydrogen) atoms. The third-order valence-electron chi connectivity index (χ3n) is 11.3. The van der Waals surface area contributed by atoms with Crippen molar-refractivity contribution in [2.24, 2.45) is 45.3 Å². The monoisotopic (exact) mass is 410 g/mol. The van der Waals surface area contributed by atoms with Crippen molar-refractivity contribution in [3.63, 3.8) is 0 Å². The first-order chi connectivity index (χ1) is 13.9. The van der Waals surface area contributed by atoms with Crippen LogP contribution >= 0.6 is 0 Å². The normalized spacial score (nSPS) is 53.8. The number of ether oxygens (including phenoxy) is 1.